The van der Waals surface area contributed by atoms with Crippen molar-refractivity contribution in [1.82, 2.24) is 9.62 Å². The van der Waals surface area contributed by atoms with Crippen LogP contribution in [0.4, 0.5) is 5.69 Å². The first-order valence-corrected chi connectivity index (χ1v) is 8.92. The molecule has 6 nitrogen and oxygen atoms in total. The highest BCUT2D eigenvalue weighted by Crippen LogP contribution is 2.36. The molecule has 0 aromatic heterocycles. The van der Waals surface area contributed by atoms with Gasteiger partial charge in [0.2, 0.25) is 15.9 Å². The van der Waals surface area contributed by atoms with Gasteiger partial charge in [-0.15, -0.1) is 11.8 Å². The van der Waals surface area contributed by atoms with Crippen LogP contribution in [-0.4, -0.2) is 51.7 Å². The van der Waals surface area contributed by atoms with E-state index in [2.05, 4.69) is 10.0 Å². The Morgan fingerprint density at radius 1 is 1.38 bits per heavy atom. The van der Waals surface area contributed by atoms with Crippen molar-refractivity contribution in [2.24, 2.45) is 0 Å². The second kappa shape index (κ2) is 6.35. The van der Waals surface area contributed by atoms with Crippen LogP contribution < -0.4 is 10.0 Å². The number of hydrogen-bond donors (Lipinski definition) is 2. The maximum Gasteiger partial charge on any atom is 0.240 e. The van der Waals surface area contributed by atoms with E-state index in [1.807, 2.05) is 25.9 Å². The van der Waals surface area contributed by atoms with E-state index in [-0.39, 0.29) is 16.1 Å². The topological polar surface area (TPSA) is 78.5 Å². The van der Waals surface area contributed by atoms with Crippen LogP contribution >= 0.6 is 11.8 Å². The lowest BCUT2D eigenvalue weighted by Gasteiger charge is -2.22. The van der Waals surface area contributed by atoms with Crippen molar-refractivity contribution in [1.29, 1.82) is 0 Å². The van der Waals surface area contributed by atoms with Crippen LogP contribution in [0.3, 0.4) is 0 Å². The molecule has 1 aromatic rings. The van der Waals surface area contributed by atoms with Gasteiger partial charge in [-0.2, -0.15) is 0 Å². The van der Waals surface area contributed by atoms with Crippen LogP contribution in [0.25, 0.3) is 0 Å². The monoisotopic (exact) mass is 329 g/mol. The normalized spacial score (nSPS) is 18.5. The van der Waals surface area contributed by atoms with Crippen molar-refractivity contribution >= 4 is 33.4 Å². The molecular weight excluding hydrogens is 310 g/mol. The third-order valence-corrected chi connectivity index (χ3v) is 5.68. The second-order valence-electron chi connectivity index (χ2n) is 5.11. The molecule has 21 heavy (non-hydrogen) atoms. The smallest absolute Gasteiger partial charge is 0.240 e. The summed E-state index contributed by atoms with van der Waals surface area (Å²) in [6.45, 7) is 2.77. The Hall–Kier alpha value is -1.09. The number of nitrogens with zero attached hydrogens (tertiary/aromatic N) is 1. The number of rotatable bonds is 5. The largest absolute Gasteiger partial charge is 0.324 e. The zero-order chi connectivity index (χ0) is 15.6. The Labute approximate surface area is 129 Å². The third kappa shape index (κ3) is 3.97. The number of amides is 1. The molecule has 1 aromatic carbocycles. The van der Waals surface area contributed by atoms with Crippen molar-refractivity contribution in [2.75, 3.05) is 32.5 Å². The van der Waals surface area contributed by atoms with E-state index in [0.29, 0.717) is 18.8 Å². The van der Waals surface area contributed by atoms with Gasteiger partial charge in [0.1, 0.15) is 0 Å². The van der Waals surface area contributed by atoms with Gasteiger partial charge in [0.05, 0.1) is 15.8 Å². The molecule has 0 fully saturated rings. The summed E-state index contributed by atoms with van der Waals surface area (Å²) < 4.78 is 26.9. The van der Waals surface area contributed by atoms with Crippen molar-refractivity contribution in [2.45, 2.75) is 22.0 Å². The summed E-state index contributed by atoms with van der Waals surface area (Å²) in [6, 6.07) is 4.80. The fraction of sp³-hybridized carbons (Fsp3) is 0.462. The van der Waals surface area contributed by atoms with Crippen molar-refractivity contribution in [3.63, 3.8) is 0 Å². The fourth-order valence-electron chi connectivity index (χ4n) is 1.84. The van der Waals surface area contributed by atoms with E-state index in [1.165, 1.54) is 17.8 Å². The molecule has 1 unspecified atom stereocenters. The molecule has 116 valence electrons. The molecule has 0 bridgehead atoms. The molecule has 1 atom stereocenters. The predicted octanol–water partition coefficient (Wildman–Crippen LogP) is 0.959. The summed E-state index contributed by atoms with van der Waals surface area (Å²) in [7, 11) is 0.195. The lowest BCUT2D eigenvalue weighted by atomic mass is 10.3. The second-order valence-corrected chi connectivity index (χ2v) is 8.26. The molecular formula is C13H19N3O3S2. The molecule has 0 radical (unpaired) electrons. The van der Waals surface area contributed by atoms with E-state index in [4.69, 9.17) is 0 Å². The maximum absolute atomic E-state index is 12.2. The molecule has 0 saturated carbocycles. The van der Waals surface area contributed by atoms with Gasteiger partial charge in [0.15, 0.2) is 0 Å². The summed E-state index contributed by atoms with van der Waals surface area (Å²) in [4.78, 5) is 14.6. The Morgan fingerprint density at radius 2 is 2.10 bits per heavy atom. The Kier molecular flexibility index (Phi) is 4.92. The van der Waals surface area contributed by atoms with Crippen molar-refractivity contribution in [3.05, 3.63) is 18.2 Å². The number of carbonyl (C=O) groups is 1. The number of hydrogen-bond acceptors (Lipinski definition) is 5. The zero-order valence-corrected chi connectivity index (χ0v) is 13.8. The Bertz CT molecular complexity index is 644. The predicted molar refractivity (Wildman–Crippen MR) is 84.1 cm³/mol. The highest BCUT2D eigenvalue weighted by Gasteiger charge is 2.24. The van der Waals surface area contributed by atoms with Gasteiger partial charge in [-0.3, -0.25) is 4.79 Å². The van der Waals surface area contributed by atoms with Gasteiger partial charge in [0.25, 0.3) is 0 Å². The van der Waals surface area contributed by atoms with Gasteiger partial charge in [-0.25, -0.2) is 13.1 Å². The Morgan fingerprint density at radius 3 is 2.76 bits per heavy atom. The molecule has 0 saturated heterocycles. The van der Waals surface area contributed by atoms with E-state index < -0.39 is 10.0 Å². The fourth-order valence-corrected chi connectivity index (χ4v) is 3.82. The molecule has 1 heterocycles. The van der Waals surface area contributed by atoms with Gasteiger partial charge < -0.3 is 10.2 Å². The number of fused-ring (bicyclic) bond motifs is 1. The SMILES string of the molecule is CC1Sc2ccc(S(=O)(=O)NCCN(C)C)cc2NC1=O. The number of benzene rings is 1. The minimum atomic E-state index is -3.56. The quantitative estimate of drug-likeness (QED) is 0.841. The van der Waals surface area contributed by atoms with Crippen LogP contribution in [0, 0.1) is 0 Å². The van der Waals surface area contributed by atoms with Crippen LogP contribution in [0.2, 0.25) is 0 Å². The number of thioether (sulfide) groups is 1. The number of sulfonamides is 1. The first kappa shape index (κ1) is 16.3. The molecule has 2 rings (SSSR count). The first-order valence-electron chi connectivity index (χ1n) is 6.55. The van der Waals surface area contributed by atoms with E-state index in [1.54, 1.807) is 12.1 Å². The number of anilines is 1. The zero-order valence-electron chi connectivity index (χ0n) is 12.2. The molecule has 0 aliphatic carbocycles. The van der Waals surface area contributed by atoms with E-state index >= 15 is 0 Å². The van der Waals surface area contributed by atoms with Crippen molar-refractivity contribution < 1.29 is 13.2 Å². The number of nitrogens with one attached hydrogen (secondary N) is 2. The first-order chi connectivity index (χ1) is 9.79. The van der Waals surface area contributed by atoms with Crippen molar-refractivity contribution in [3.8, 4) is 0 Å². The summed E-state index contributed by atoms with van der Waals surface area (Å²) in [5, 5.41) is 2.57. The average molecular weight is 329 g/mol. The lowest BCUT2D eigenvalue weighted by molar-refractivity contribution is -0.115. The number of carbonyl (C=O) groups excluding carboxylic acids is 1. The highest BCUT2D eigenvalue weighted by molar-refractivity contribution is 8.01. The molecule has 0 spiro atoms. The Balaban J connectivity index is 2.18. The standard InChI is InChI=1S/C13H19N3O3S2/c1-9-13(17)15-11-8-10(4-5-12(11)20-9)21(18,19)14-6-7-16(2)3/h4-5,8-9,14H,6-7H2,1-3H3,(H,15,17). The minimum Gasteiger partial charge on any atom is -0.324 e. The summed E-state index contributed by atoms with van der Waals surface area (Å²) in [5.41, 5.74) is 0.554. The average Bonchev–Trinajstić information content (AvgIpc) is 2.38. The minimum absolute atomic E-state index is 0.109. The van der Waals surface area contributed by atoms with Crippen LogP contribution in [0.5, 0.6) is 0 Å². The van der Waals surface area contributed by atoms with Gasteiger partial charge in [-0.1, -0.05) is 0 Å². The summed E-state index contributed by atoms with van der Waals surface area (Å²) in [6.07, 6.45) is 0. The van der Waals surface area contributed by atoms with E-state index in [0.717, 1.165) is 4.90 Å². The molecule has 1 aliphatic rings. The lowest BCUT2D eigenvalue weighted by Crippen LogP contribution is -2.31. The van der Waals surface area contributed by atoms with Crippen LogP contribution in [0.1, 0.15) is 6.92 Å². The third-order valence-electron chi connectivity index (χ3n) is 3.04. The van der Waals surface area contributed by atoms with Gasteiger partial charge in [0, 0.05) is 18.0 Å². The molecule has 8 heteroatoms. The van der Waals surface area contributed by atoms with Crippen LogP contribution in [-0.2, 0) is 14.8 Å². The highest BCUT2D eigenvalue weighted by atomic mass is 32.2. The molecule has 2 N–H and O–H groups in total. The number of likely N-dealkylation sites (N-methyl/N-ethyl adjacent to an activating group) is 1. The van der Waals surface area contributed by atoms with Gasteiger partial charge in [-0.05, 0) is 39.2 Å². The van der Waals surface area contributed by atoms with Gasteiger partial charge >= 0.3 is 0 Å². The summed E-state index contributed by atoms with van der Waals surface area (Å²) >= 11 is 1.43. The molecule has 1 amide bonds. The van der Waals surface area contributed by atoms with Crippen LogP contribution in [0.15, 0.2) is 28.0 Å². The van der Waals surface area contributed by atoms with E-state index in [9.17, 15) is 13.2 Å². The maximum atomic E-state index is 12.2. The summed E-state index contributed by atoms with van der Waals surface area (Å²) in [5.74, 6) is -0.109. The molecule has 1 aliphatic heterocycles.